The van der Waals surface area contributed by atoms with E-state index in [0.717, 1.165) is 16.4 Å². The van der Waals surface area contributed by atoms with Gasteiger partial charge in [0.15, 0.2) is 22.3 Å². The van der Waals surface area contributed by atoms with Crippen LogP contribution in [0.4, 0.5) is 0 Å². The summed E-state index contributed by atoms with van der Waals surface area (Å²) in [5.41, 5.74) is 2.02. The van der Waals surface area contributed by atoms with Crippen LogP contribution in [0.25, 0.3) is 11.3 Å². The Bertz CT molecular complexity index is 777. The van der Waals surface area contributed by atoms with Gasteiger partial charge in [0, 0.05) is 12.1 Å². The van der Waals surface area contributed by atoms with Gasteiger partial charge in [0.25, 0.3) is 0 Å². The molecule has 0 aliphatic carbocycles. The molecule has 6 heteroatoms. The number of hydrogen-bond acceptors (Lipinski definition) is 4. The fourth-order valence-electron chi connectivity index (χ4n) is 1.92. The molecule has 0 atom stereocenters. The molecule has 3 aromatic rings. The molecule has 2 aromatic heterocycles. The molecule has 3 rings (SSSR count). The molecular formula is C15H11ClN2O2S. The van der Waals surface area contributed by atoms with Gasteiger partial charge in [-0.1, -0.05) is 23.7 Å². The molecule has 0 N–H and O–H groups in total. The molecule has 0 fully saturated rings. The lowest BCUT2D eigenvalue weighted by Crippen LogP contribution is -1.93. The van der Waals surface area contributed by atoms with Crippen molar-refractivity contribution in [2.45, 2.75) is 10.2 Å². The van der Waals surface area contributed by atoms with Crippen LogP contribution >= 0.6 is 23.4 Å². The van der Waals surface area contributed by atoms with E-state index in [4.69, 9.17) is 16.0 Å². The van der Waals surface area contributed by atoms with Crippen molar-refractivity contribution >= 4 is 29.6 Å². The molecular weight excluding hydrogens is 308 g/mol. The number of furan rings is 1. The maximum absolute atomic E-state index is 10.6. The largest absolute Gasteiger partial charge is 0.447 e. The summed E-state index contributed by atoms with van der Waals surface area (Å²) in [6.45, 7) is 0. The van der Waals surface area contributed by atoms with Gasteiger partial charge in [-0.15, -0.1) is 0 Å². The van der Waals surface area contributed by atoms with Crippen LogP contribution < -0.4 is 0 Å². The number of nitrogens with zero attached hydrogens (tertiary/aromatic N) is 2. The van der Waals surface area contributed by atoms with E-state index >= 15 is 0 Å². The second-order valence-electron chi connectivity index (χ2n) is 4.37. The van der Waals surface area contributed by atoms with Gasteiger partial charge in [-0.3, -0.25) is 4.79 Å². The minimum atomic E-state index is 0.310. The number of aldehydes is 1. The minimum Gasteiger partial charge on any atom is -0.447 e. The Morgan fingerprint density at radius 1 is 1.24 bits per heavy atom. The van der Waals surface area contributed by atoms with Gasteiger partial charge in [0.1, 0.15) is 0 Å². The van der Waals surface area contributed by atoms with Crippen molar-refractivity contribution in [3.8, 4) is 11.3 Å². The van der Waals surface area contributed by atoms with E-state index in [1.54, 1.807) is 18.3 Å². The van der Waals surface area contributed by atoms with Gasteiger partial charge in [0.05, 0.1) is 11.9 Å². The van der Waals surface area contributed by atoms with E-state index in [1.807, 2.05) is 35.9 Å². The van der Waals surface area contributed by atoms with Crippen LogP contribution in [0.2, 0.25) is 5.02 Å². The molecule has 0 saturated heterocycles. The van der Waals surface area contributed by atoms with Crippen LogP contribution in [0.1, 0.15) is 10.6 Å². The summed E-state index contributed by atoms with van der Waals surface area (Å²) in [6.07, 6.45) is 2.48. The molecule has 4 nitrogen and oxygen atoms in total. The molecule has 0 aliphatic heterocycles. The average molecular weight is 319 g/mol. The average Bonchev–Trinajstić information content (AvgIpc) is 3.08. The standard InChI is InChI=1S/C15H11ClN2O2S/c1-18-13(10-2-4-11(16)5-3-10)8-17-15(18)21-14-7-6-12(9-19)20-14/h2-9H,1H3. The van der Waals surface area contributed by atoms with Crippen LogP contribution in [0.3, 0.4) is 0 Å². The van der Waals surface area contributed by atoms with Crippen molar-refractivity contribution in [3.63, 3.8) is 0 Å². The Labute approximate surface area is 130 Å². The van der Waals surface area contributed by atoms with Crippen LogP contribution in [0.15, 0.2) is 57.3 Å². The van der Waals surface area contributed by atoms with E-state index in [9.17, 15) is 4.79 Å². The number of halogens is 1. The second-order valence-corrected chi connectivity index (χ2v) is 5.78. The van der Waals surface area contributed by atoms with Crippen molar-refractivity contribution in [1.29, 1.82) is 0 Å². The lowest BCUT2D eigenvalue weighted by atomic mass is 10.2. The highest BCUT2D eigenvalue weighted by Crippen LogP contribution is 2.31. The monoisotopic (exact) mass is 318 g/mol. The number of hydrogen-bond donors (Lipinski definition) is 0. The van der Waals surface area contributed by atoms with Crippen molar-refractivity contribution in [2.24, 2.45) is 7.05 Å². The maximum Gasteiger partial charge on any atom is 0.185 e. The van der Waals surface area contributed by atoms with Crippen molar-refractivity contribution in [3.05, 3.63) is 53.4 Å². The molecule has 1 aromatic carbocycles. The smallest absolute Gasteiger partial charge is 0.185 e. The topological polar surface area (TPSA) is 48.0 Å². The zero-order chi connectivity index (χ0) is 14.8. The van der Waals surface area contributed by atoms with Gasteiger partial charge in [-0.05, 0) is 41.6 Å². The molecule has 0 spiro atoms. The Balaban J connectivity index is 1.88. The number of carbonyl (C=O) groups is 1. The summed E-state index contributed by atoms with van der Waals surface area (Å²) in [5, 5.41) is 2.12. The van der Waals surface area contributed by atoms with Gasteiger partial charge < -0.3 is 8.98 Å². The molecule has 0 saturated carbocycles. The molecule has 0 aliphatic rings. The predicted octanol–water partition coefficient (Wildman–Crippen LogP) is 4.30. The van der Waals surface area contributed by atoms with E-state index < -0.39 is 0 Å². The molecule has 0 radical (unpaired) electrons. The molecule has 2 heterocycles. The highest BCUT2D eigenvalue weighted by atomic mass is 35.5. The Morgan fingerprint density at radius 2 is 2.00 bits per heavy atom. The van der Waals surface area contributed by atoms with E-state index in [-0.39, 0.29) is 0 Å². The van der Waals surface area contributed by atoms with Crippen LogP contribution in [0.5, 0.6) is 0 Å². The number of aromatic nitrogens is 2. The lowest BCUT2D eigenvalue weighted by molar-refractivity contribution is 0.109. The molecule has 106 valence electrons. The zero-order valence-corrected chi connectivity index (χ0v) is 12.7. The van der Waals surface area contributed by atoms with E-state index in [0.29, 0.717) is 22.2 Å². The molecule has 21 heavy (non-hydrogen) atoms. The van der Waals surface area contributed by atoms with Crippen LogP contribution in [-0.2, 0) is 7.05 Å². The van der Waals surface area contributed by atoms with Gasteiger partial charge in [-0.25, -0.2) is 4.98 Å². The van der Waals surface area contributed by atoms with Gasteiger partial charge in [0.2, 0.25) is 0 Å². The third-order valence-corrected chi connectivity index (χ3v) is 4.23. The van der Waals surface area contributed by atoms with Crippen LogP contribution in [0, 0.1) is 0 Å². The number of benzene rings is 1. The lowest BCUT2D eigenvalue weighted by Gasteiger charge is -2.05. The second kappa shape index (κ2) is 5.79. The normalized spacial score (nSPS) is 10.8. The predicted molar refractivity (Wildman–Crippen MR) is 81.9 cm³/mol. The van der Waals surface area contributed by atoms with E-state index in [1.165, 1.54) is 11.8 Å². The van der Waals surface area contributed by atoms with Crippen molar-refractivity contribution in [2.75, 3.05) is 0 Å². The molecule has 0 unspecified atom stereocenters. The third-order valence-electron chi connectivity index (χ3n) is 3.00. The summed E-state index contributed by atoms with van der Waals surface area (Å²) in [7, 11) is 1.93. The van der Waals surface area contributed by atoms with Crippen molar-refractivity contribution in [1.82, 2.24) is 9.55 Å². The summed E-state index contributed by atoms with van der Waals surface area (Å²) < 4.78 is 7.32. The first-order valence-corrected chi connectivity index (χ1v) is 7.37. The number of carbonyl (C=O) groups excluding carboxylic acids is 1. The van der Waals surface area contributed by atoms with Crippen LogP contribution in [-0.4, -0.2) is 15.8 Å². The first kappa shape index (κ1) is 14.0. The third kappa shape index (κ3) is 2.89. The fraction of sp³-hybridized carbons (Fsp3) is 0.0667. The Kier molecular flexibility index (Phi) is 3.86. The van der Waals surface area contributed by atoms with Gasteiger partial charge in [-0.2, -0.15) is 0 Å². The van der Waals surface area contributed by atoms with E-state index in [2.05, 4.69) is 4.98 Å². The summed E-state index contributed by atoms with van der Waals surface area (Å²) in [5.74, 6) is 0.310. The molecule has 0 amide bonds. The van der Waals surface area contributed by atoms with Gasteiger partial charge >= 0.3 is 0 Å². The quantitative estimate of drug-likeness (QED) is 0.673. The summed E-state index contributed by atoms with van der Waals surface area (Å²) in [4.78, 5) is 15.0. The zero-order valence-electron chi connectivity index (χ0n) is 11.1. The minimum absolute atomic E-state index is 0.310. The Morgan fingerprint density at radius 3 is 2.67 bits per heavy atom. The fourth-order valence-corrected chi connectivity index (χ4v) is 2.84. The Hall–Kier alpha value is -1.98. The number of imidazole rings is 1. The maximum atomic E-state index is 10.6. The highest BCUT2D eigenvalue weighted by molar-refractivity contribution is 7.99. The summed E-state index contributed by atoms with van der Waals surface area (Å²) >= 11 is 7.27. The molecule has 0 bridgehead atoms. The summed E-state index contributed by atoms with van der Waals surface area (Å²) in [6, 6.07) is 11.0. The highest BCUT2D eigenvalue weighted by Gasteiger charge is 2.12. The first-order chi connectivity index (χ1) is 10.2. The van der Waals surface area contributed by atoms with Crippen molar-refractivity contribution < 1.29 is 9.21 Å². The first-order valence-electron chi connectivity index (χ1n) is 6.18. The number of rotatable bonds is 4. The SMILES string of the molecule is Cn1c(-c2ccc(Cl)cc2)cnc1Sc1ccc(C=O)o1.